The molecule has 6 nitrogen and oxygen atoms in total. The molecule has 0 aliphatic rings. The number of furan rings is 1. The van der Waals surface area contributed by atoms with Crippen molar-refractivity contribution in [2.45, 2.75) is 10.6 Å². The van der Waals surface area contributed by atoms with Gasteiger partial charge in [0.25, 0.3) is 5.91 Å². The normalized spacial score (nSPS) is 11.4. The fourth-order valence-corrected chi connectivity index (χ4v) is 4.27. The van der Waals surface area contributed by atoms with Gasteiger partial charge in [0.15, 0.2) is 15.6 Å². The van der Waals surface area contributed by atoms with Gasteiger partial charge < -0.3 is 9.73 Å². The van der Waals surface area contributed by atoms with Crippen LogP contribution in [-0.4, -0.2) is 19.3 Å². The van der Waals surface area contributed by atoms with Gasteiger partial charge in [-0.25, -0.2) is 8.42 Å². The van der Waals surface area contributed by atoms with Crippen LogP contribution in [0, 0.1) is 0 Å². The molecule has 1 amide bonds. The van der Waals surface area contributed by atoms with E-state index in [4.69, 9.17) is 4.42 Å². The molecule has 2 heterocycles. The van der Waals surface area contributed by atoms with E-state index in [2.05, 4.69) is 10.3 Å². The van der Waals surface area contributed by atoms with Gasteiger partial charge in [0.05, 0.1) is 34.3 Å². The number of hydrogen-bond acceptors (Lipinski definition) is 5. The maximum absolute atomic E-state index is 12.6. The zero-order valence-corrected chi connectivity index (χ0v) is 15.5. The van der Waals surface area contributed by atoms with Gasteiger partial charge in [-0.3, -0.25) is 9.78 Å². The van der Waals surface area contributed by atoms with Crippen molar-refractivity contribution in [3.63, 3.8) is 0 Å². The Morgan fingerprint density at radius 1 is 1.00 bits per heavy atom. The smallest absolute Gasteiger partial charge is 0.291 e. The van der Waals surface area contributed by atoms with E-state index in [1.807, 2.05) is 24.3 Å². The predicted molar refractivity (Wildman–Crippen MR) is 106 cm³/mol. The number of anilines is 1. The number of nitrogens with one attached hydrogen (secondary N) is 1. The topological polar surface area (TPSA) is 89.3 Å². The lowest BCUT2D eigenvalue weighted by molar-refractivity contribution is 0.0995. The Morgan fingerprint density at radius 2 is 1.75 bits per heavy atom. The number of benzene rings is 2. The second kappa shape index (κ2) is 7.28. The second-order valence-corrected chi connectivity index (χ2v) is 8.21. The quantitative estimate of drug-likeness (QED) is 0.553. The summed E-state index contributed by atoms with van der Waals surface area (Å²) in [5.41, 5.74) is 1.61. The number of carbonyl (C=O) groups is 1. The molecule has 0 atom stereocenters. The van der Waals surface area contributed by atoms with Crippen LogP contribution >= 0.6 is 0 Å². The molecule has 0 aliphatic carbocycles. The number of pyridine rings is 1. The summed E-state index contributed by atoms with van der Waals surface area (Å²) in [5.74, 6) is -0.889. The molecule has 0 saturated carbocycles. The number of aromatic nitrogens is 1. The Hall–Kier alpha value is -3.45. The predicted octanol–water partition coefficient (Wildman–Crippen LogP) is 4.05. The molecule has 140 valence electrons. The molecule has 28 heavy (non-hydrogen) atoms. The van der Waals surface area contributed by atoms with E-state index in [0.717, 1.165) is 10.9 Å². The molecule has 7 heteroatoms. The fraction of sp³-hybridized carbons (Fsp3) is 0.0476. The number of para-hydroxylation sites is 1. The van der Waals surface area contributed by atoms with Crippen LogP contribution in [0.15, 0.2) is 88.5 Å². The number of sulfone groups is 1. The van der Waals surface area contributed by atoms with Crippen molar-refractivity contribution in [3.8, 4) is 0 Å². The fourth-order valence-electron chi connectivity index (χ4n) is 2.89. The maximum atomic E-state index is 12.6. The van der Waals surface area contributed by atoms with Gasteiger partial charge in [0, 0.05) is 10.9 Å². The van der Waals surface area contributed by atoms with Gasteiger partial charge in [-0.05, 0) is 30.3 Å². The number of carbonyl (C=O) groups excluding carboxylic acids is 1. The van der Waals surface area contributed by atoms with E-state index in [-0.39, 0.29) is 16.4 Å². The number of amides is 1. The van der Waals surface area contributed by atoms with E-state index in [1.165, 1.54) is 24.5 Å². The molecular formula is C21H16N2O4S. The lowest BCUT2D eigenvalue weighted by Crippen LogP contribution is -2.15. The molecule has 0 fully saturated rings. The van der Waals surface area contributed by atoms with Gasteiger partial charge >= 0.3 is 0 Å². The lowest BCUT2D eigenvalue weighted by atomic mass is 10.2. The summed E-state index contributed by atoms with van der Waals surface area (Å²) >= 11 is 0. The van der Waals surface area contributed by atoms with Crippen LogP contribution in [0.5, 0.6) is 0 Å². The van der Waals surface area contributed by atoms with E-state index >= 15 is 0 Å². The van der Waals surface area contributed by atoms with E-state index in [1.54, 1.807) is 30.5 Å². The first-order valence-electron chi connectivity index (χ1n) is 8.53. The van der Waals surface area contributed by atoms with Crippen molar-refractivity contribution in [2.24, 2.45) is 0 Å². The largest absolute Gasteiger partial charge is 0.459 e. The summed E-state index contributed by atoms with van der Waals surface area (Å²) in [5, 5.41) is 3.59. The van der Waals surface area contributed by atoms with Crippen LogP contribution in [0.3, 0.4) is 0 Å². The summed E-state index contributed by atoms with van der Waals surface area (Å²) in [6.07, 6.45) is 2.85. The van der Waals surface area contributed by atoms with Crippen molar-refractivity contribution in [1.82, 2.24) is 4.98 Å². The molecule has 0 unspecified atom stereocenters. The number of rotatable bonds is 5. The van der Waals surface area contributed by atoms with Crippen LogP contribution in [0.25, 0.3) is 10.9 Å². The van der Waals surface area contributed by atoms with Crippen molar-refractivity contribution in [2.75, 3.05) is 5.32 Å². The first-order chi connectivity index (χ1) is 13.5. The highest BCUT2D eigenvalue weighted by molar-refractivity contribution is 7.90. The van der Waals surface area contributed by atoms with Crippen LogP contribution in [0.1, 0.15) is 16.1 Å². The lowest BCUT2D eigenvalue weighted by Gasteiger charge is -2.07. The van der Waals surface area contributed by atoms with E-state index < -0.39 is 15.7 Å². The van der Waals surface area contributed by atoms with Crippen LogP contribution in [-0.2, 0) is 15.6 Å². The zero-order chi connectivity index (χ0) is 19.6. The number of hydrogen-bond donors (Lipinski definition) is 1. The van der Waals surface area contributed by atoms with Crippen LogP contribution in [0.2, 0.25) is 0 Å². The van der Waals surface area contributed by atoms with Crippen LogP contribution in [0.4, 0.5) is 5.69 Å². The SMILES string of the molecule is O=C(Nc1cnc2ccccc2c1)c1occc1CS(=O)(=O)c1ccccc1. The van der Waals surface area contributed by atoms with Crippen molar-refractivity contribution >= 4 is 32.3 Å². The van der Waals surface area contributed by atoms with Gasteiger partial charge in [0.2, 0.25) is 0 Å². The molecule has 2 aromatic carbocycles. The molecular weight excluding hydrogens is 376 g/mol. The number of fused-ring (bicyclic) bond motifs is 1. The average molecular weight is 392 g/mol. The van der Waals surface area contributed by atoms with Crippen molar-refractivity contribution < 1.29 is 17.6 Å². The molecule has 1 N–H and O–H groups in total. The minimum absolute atomic E-state index is 0.0346. The molecule has 0 spiro atoms. The van der Waals surface area contributed by atoms with Crippen molar-refractivity contribution in [3.05, 3.63) is 90.5 Å². The Kier molecular flexibility index (Phi) is 4.67. The number of nitrogens with zero attached hydrogens (tertiary/aromatic N) is 1. The Bertz CT molecular complexity index is 1250. The van der Waals surface area contributed by atoms with Crippen LogP contribution < -0.4 is 5.32 Å². The highest BCUT2D eigenvalue weighted by Gasteiger charge is 2.22. The summed E-state index contributed by atoms with van der Waals surface area (Å²) in [4.78, 5) is 17.1. The van der Waals surface area contributed by atoms with Gasteiger partial charge in [-0.2, -0.15) is 0 Å². The first-order valence-corrected chi connectivity index (χ1v) is 10.2. The Balaban J connectivity index is 1.57. The molecule has 2 aromatic heterocycles. The Morgan fingerprint density at radius 3 is 2.57 bits per heavy atom. The first kappa shape index (κ1) is 17.9. The maximum Gasteiger partial charge on any atom is 0.291 e. The summed E-state index contributed by atoms with van der Waals surface area (Å²) in [7, 11) is -3.59. The van der Waals surface area contributed by atoms with Crippen molar-refractivity contribution in [1.29, 1.82) is 0 Å². The monoisotopic (exact) mass is 392 g/mol. The third kappa shape index (κ3) is 3.65. The summed E-state index contributed by atoms with van der Waals surface area (Å²) < 4.78 is 30.5. The minimum Gasteiger partial charge on any atom is -0.459 e. The molecule has 4 aromatic rings. The minimum atomic E-state index is -3.59. The molecule has 0 saturated heterocycles. The zero-order valence-electron chi connectivity index (χ0n) is 14.7. The standard InChI is InChI=1S/C21H16N2O4S/c24-21(23-17-12-15-6-4-5-9-19(15)22-13-17)20-16(10-11-27-20)14-28(25,26)18-7-2-1-3-8-18/h1-13H,14H2,(H,23,24). The van der Waals surface area contributed by atoms with Gasteiger partial charge in [-0.15, -0.1) is 0 Å². The summed E-state index contributed by atoms with van der Waals surface area (Å²) in [6.45, 7) is 0. The molecule has 0 radical (unpaired) electrons. The highest BCUT2D eigenvalue weighted by atomic mass is 32.2. The summed E-state index contributed by atoms with van der Waals surface area (Å²) in [6, 6.07) is 18.9. The molecule has 0 bridgehead atoms. The average Bonchev–Trinajstić information content (AvgIpc) is 3.16. The highest BCUT2D eigenvalue weighted by Crippen LogP contribution is 2.22. The third-order valence-electron chi connectivity index (χ3n) is 4.25. The van der Waals surface area contributed by atoms with Gasteiger partial charge in [0.1, 0.15) is 0 Å². The van der Waals surface area contributed by atoms with Gasteiger partial charge in [-0.1, -0.05) is 36.4 Å². The molecule has 4 rings (SSSR count). The van der Waals surface area contributed by atoms with E-state index in [0.29, 0.717) is 11.3 Å². The molecule has 0 aliphatic heterocycles. The van der Waals surface area contributed by atoms with E-state index in [9.17, 15) is 13.2 Å². The Labute approximate surface area is 161 Å². The third-order valence-corrected chi connectivity index (χ3v) is 5.93. The second-order valence-electron chi connectivity index (χ2n) is 6.22.